The number of hydrogen-bond acceptors (Lipinski definition) is 3. The molecule has 2 heterocycles. The highest BCUT2D eigenvalue weighted by Gasteiger charge is 2.22. The average molecular weight is 284 g/mol. The van der Waals surface area contributed by atoms with Crippen LogP contribution in [0.3, 0.4) is 0 Å². The van der Waals surface area contributed by atoms with Crippen LogP contribution in [0.2, 0.25) is 0 Å². The molecule has 0 N–H and O–H groups in total. The Hall–Kier alpha value is -0.640. The fraction of sp³-hybridized carbons (Fsp3) is 0.667. The van der Waals surface area contributed by atoms with Crippen molar-refractivity contribution in [2.24, 2.45) is 0 Å². The van der Waals surface area contributed by atoms with E-state index in [1.165, 1.54) is 12.8 Å². The lowest BCUT2D eigenvalue weighted by atomic mass is 10.2. The molecule has 1 atom stereocenters. The van der Waals surface area contributed by atoms with E-state index < -0.39 is 0 Å². The summed E-state index contributed by atoms with van der Waals surface area (Å²) in [5.41, 5.74) is 0. The van der Waals surface area contributed by atoms with Gasteiger partial charge < -0.3 is 4.90 Å². The second-order valence-corrected chi connectivity index (χ2v) is 5.56. The normalized spacial score (nSPS) is 20.8. The molecule has 0 spiro atoms. The first-order chi connectivity index (χ1) is 7.58. The van der Waals surface area contributed by atoms with Crippen LogP contribution in [0.5, 0.6) is 0 Å². The highest BCUT2D eigenvalue weighted by atomic mass is 79.9. The molecule has 0 radical (unpaired) electrons. The van der Waals surface area contributed by atoms with Gasteiger partial charge in [0.2, 0.25) is 0 Å². The van der Waals surface area contributed by atoms with Crippen molar-refractivity contribution < 1.29 is 0 Å². The zero-order chi connectivity index (χ0) is 11.7. The van der Waals surface area contributed by atoms with E-state index in [1.807, 2.05) is 6.07 Å². The number of anilines is 1. The first-order valence-corrected chi connectivity index (χ1v) is 6.68. The lowest BCUT2D eigenvalue weighted by molar-refractivity contribution is 0.709. The smallest absolute Gasteiger partial charge is 0.134 e. The molecule has 0 bridgehead atoms. The second kappa shape index (κ2) is 4.70. The van der Waals surface area contributed by atoms with E-state index in [2.05, 4.69) is 51.6 Å². The molecule has 16 heavy (non-hydrogen) atoms. The van der Waals surface area contributed by atoms with E-state index in [0.717, 1.165) is 22.8 Å². The van der Waals surface area contributed by atoms with Gasteiger partial charge in [0.05, 0.1) is 0 Å². The molecular weight excluding hydrogens is 266 g/mol. The maximum Gasteiger partial charge on any atom is 0.134 e. The Bertz CT molecular complexity index is 379. The van der Waals surface area contributed by atoms with E-state index >= 15 is 0 Å². The van der Waals surface area contributed by atoms with Crippen molar-refractivity contribution in [2.75, 3.05) is 11.4 Å². The van der Waals surface area contributed by atoms with E-state index in [9.17, 15) is 0 Å². The van der Waals surface area contributed by atoms with Crippen LogP contribution in [0.4, 0.5) is 5.82 Å². The summed E-state index contributed by atoms with van der Waals surface area (Å²) in [7, 11) is 0. The fourth-order valence-electron chi connectivity index (χ4n) is 2.10. The second-order valence-electron chi connectivity index (χ2n) is 4.75. The lowest BCUT2D eigenvalue weighted by Crippen LogP contribution is -2.27. The van der Waals surface area contributed by atoms with Gasteiger partial charge in [-0.2, -0.15) is 0 Å². The minimum Gasteiger partial charge on any atom is -0.354 e. The maximum absolute atomic E-state index is 4.65. The molecule has 1 aromatic heterocycles. The molecule has 0 aromatic carbocycles. The Labute approximate surface area is 105 Å². The SMILES string of the molecule is CC(C)c1nc(Br)cc(N2CCCC2C)n1. The van der Waals surface area contributed by atoms with Crippen molar-refractivity contribution in [3.05, 3.63) is 16.5 Å². The molecule has 1 aromatic rings. The van der Waals surface area contributed by atoms with Gasteiger partial charge in [-0.1, -0.05) is 13.8 Å². The van der Waals surface area contributed by atoms with Gasteiger partial charge in [-0.05, 0) is 35.7 Å². The van der Waals surface area contributed by atoms with Crippen LogP contribution < -0.4 is 4.90 Å². The first-order valence-electron chi connectivity index (χ1n) is 5.89. The first kappa shape index (κ1) is 11.8. The van der Waals surface area contributed by atoms with Gasteiger partial charge in [-0.3, -0.25) is 0 Å². The van der Waals surface area contributed by atoms with E-state index in [4.69, 9.17) is 0 Å². The summed E-state index contributed by atoms with van der Waals surface area (Å²) in [6.07, 6.45) is 2.53. The maximum atomic E-state index is 4.65. The minimum atomic E-state index is 0.370. The third-order valence-electron chi connectivity index (χ3n) is 3.06. The van der Waals surface area contributed by atoms with Crippen molar-refractivity contribution in [3.63, 3.8) is 0 Å². The summed E-state index contributed by atoms with van der Waals surface area (Å²) in [5.74, 6) is 2.35. The van der Waals surface area contributed by atoms with Crippen LogP contribution in [0, 0.1) is 0 Å². The summed E-state index contributed by atoms with van der Waals surface area (Å²) in [5, 5.41) is 0. The Morgan fingerprint density at radius 3 is 2.75 bits per heavy atom. The third kappa shape index (κ3) is 2.37. The highest BCUT2D eigenvalue weighted by molar-refractivity contribution is 9.10. The minimum absolute atomic E-state index is 0.370. The van der Waals surface area contributed by atoms with Crippen molar-refractivity contribution in [1.82, 2.24) is 9.97 Å². The Morgan fingerprint density at radius 1 is 1.44 bits per heavy atom. The number of rotatable bonds is 2. The monoisotopic (exact) mass is 283 g/mol. The van der Waals surface area contributed by atoms with Crippen LogP contribution in [0.25, 0.3) is 0 Å². The topological polar surface area (TPSA) is 29.0 Å². The molecule has 1 fully saturated rings. The molecule has 0 aliphatic carbocycles. The van der Waals surface area contributed by atoms with Gasteiger partial charge in [-0.25, -0.2) is 9.97 Å². The molecule has 1 saturated heterocycles. The molecule has 0 amide bonds. The largest absolute Gasteiger partial charge is 0.354 e. The van der Waals surface area contributed by atoms with Crippen LogP contribution >= 0.6 is 15.9 Å². The van der Waals surface area contributed by atoms with Crippen molar-refractivity contribution >= 4 is 21.7 Å². The van der Waals surface area contributed by atoms with Crippen molar-refractivity contribution in [1.29, 1.82) is 0 Å². The number of hydrogen-bond donors (Lipinski definition) is 0. The highest BCUT2D eigenvalue weighted by Crippen LogP contribution is 2.26. The van der Waals surface area contributed by atoms with Crippen LogP contribution in [0.1, 0.15) is 45.4 Å². The van der Waals surface area contributed by atoms with Gasteiger partial charge in [0, 0.05) is 24.6 Å². The summed E-state index contributed by atoms with van der Waals surface area (Å²) in [6.45, 7) is 7.62. The van der Waals surface area contributed by atoms with Gasteiger partial charge in [0.15, 0.2) is 0 Å². The number of nitrogens with zero attached hydrogens (tertiary/aromatic N) is 3. The summed E-state index contributed by atoms with van der Waals surface area (Å²) in [4.78, 5) is 11.4. The summed E-state index contributed by atoms with van der Waals surface area (Å²) in [6, 6.07) is 2.62. The molecule has 2 rings (SSSR count). The quantitative estimate of drug-likeness (QED) is 0.780. The van der Waals surface area contributed by atoms with Gasteiger partial charge in [0.1, 0.15) is 16.2 Å². The van der Waals surface area contributed by atoms with E-state index in [1.54, 1.807) is 0 Å². The zero-order valence-corrected chi connectivity index (χ0v) is 11.7. The Kier molecular flexibility index (Phi) is 3.47. The fourth-order valence-corrected chi connectivity index (χ4v) is 2.49. The number of aromatic nitrogens is 2. The van der Waals surface area contributed by atoms with Crippen LogP contribution in [-0.4, -0.2) is 22.6 Å². The molecule has 1 unspecified atom stereocenters. The van der Waals surface area contributed by atoms with Crippen molar-refractivity contribution in [2.45, 2.75) is 45.6 Å². The molecule has 0 saturated carbocycles. The molecule has 1 aliphatic heterocycles. The van der Waals surface area contributed by atoms with Gasteiger partial charge >= 0.3 is 0 Å². The standard InChI is InChI=1S/C12H18BrN3/c1-8(2)12-14-10(13)7-11(15-12)16-6-4-5-9(16)3/h7-9H,4-6H2,1-3H3. The average Bonchev–Trinajstić information content (AvgIpc) is 2.63. The van der Waals surface area contributed by atoms with Crippen molar-refractivity contribution in [3.8, 4) is 0 Å². The molecule has 1 aliphatic rings. The van der Waals surface area contributed by atoms with Crippen LogP contribution in [-0.2, 0) is 0 Å². The zero-order valence-electron chi connectivity index (χ0n) is 10.1. The lowest BCUT2D eigenvalue weighted by Gasteiger charge is -2.23. The number of halogens is 1. The Morgan fingerprint density at radius 2 is 2.19 bits per heavy atom. The predicted octanol–water partition coefficient (Wildman–Crippen LogP) is 3.35. The predicted molar refractivity (Wildman–Crippen MR) is 69.9 cm³/mol. The summed E-state index contributed by atoms with van der Waals surface area (Å²) >= 11 is 3.47. The van der Waals surface area contributed by atoms with Crippen LogP contribution in [0.15, 0.2) is 10.7 Å². The molecule has 88 valence electrons. The molecular formula is C12H18BrN3. The van der Waals surface area contributed by atoms with E-state index in [0.29, 0.717) is 12.0 Å². The van der Waals surface area contributed by atoms with E-state index in [-0.39, 0.29) is 0 Å². The molecule has 4 heteroatoms. The molecule has 3 nitrogen and oxygen atoms in total. The third-order valence-corrected chi connectivity index (χ3v) is 3.47. The summed E-state index contributed by atoms with van der Waals surface area (Å²) < 4.78 is 0.889. The van der Waals surface area contributed by atoms with Gasteiger partial charge in [0.25, 0.3) is 0 Å². The van der Waals surface area contributed by atoms with Gasteiger partial charge in [-0.15, -0.1) is 0 Å². The Balaban J connectivity index is 2.33.